The molecule has 2 amide bonds. The average molecular weight is 407 g/mol. The van der Waals surface area contributed by atoms with Gasteiger partial charge in [0.2, 0.25) is 0 Å². The van der Waals surface area contributed by atoms with E-state index < -0.39 is 0 Å². The highest BCUT2D eigenvalue weighted by Gasteiger charge is 2.25. The van der Waals surface area contributed by atoms with Gasteiger partial charge in [-0.15, -0.1) is 0 Å². The number of nitrogens with zero attached hydrogens (tertiary/aromatic N) is 1. The molecular formula is C18H19BrN2O4. The number of carbonyl (C=O) groups excluding carboxylic acids is 2. The van der Waals surface area contributed by atoms with E-state index in [1.165, 1.54) is 0 Å². The van der Waals surface area contributed by atoms with Crippen LogP contribution in [-0.4, -0.2) is 43.0 Å². The molecule has 1 aliphatic rings. The van der Waals surface area contributed by atoms with Crippen LogP contribution in [0, 0.1) is 0 Å². The number of rotatable bonds is 4. The van der Waals surface area contributed by atoms with Crippen LogP contribution in [-0.2, 0) is 0 Å². The van der Waals surface area contributed by atoms with E-state index in [2.05, 4.69) is 21.2 Å². The van der Waals surface area contributed by atoms with Crippen LogP contribution in [0.1, 0.15) is 33.8 Å². The van der Waals surface area contributed by atoms with Crippen molar-refractivity contribution < 1.29 is 18.7 Å². The van der Waals surface area contributed by atoms with Crippen LogP contribution in [0.25, 0.3) is 0 Å². The molecular weight excluding hydrogens is 388 g/mol. The Morgan fingerprint density at radius 2 is 1.84 bits per heavy atom. The molecule has 0 unspecified atom stereocenters. The average Bonchev–Trinajstić information content (AvgIpc) is 3.08. The maximum absolute atomic E-state index is 12.5. The summed E-state index contributed by atoms with van der Waals surface area (Å²) in [4.78, 5) is 26.4. The van der Waals surface area contributed by atoms with E-state index in [1.54, 1.807) is 43.5 Å². The molecule has 2 aromatic rings. The molecule has 1 N–H and O–H groups in total. The van der Waals surface area contributed by atoms with Gasteiger partial charge in [-0.25, -0.2) is 0 Å². The van der Waals surface area contributed by atoms with Crippen molar-refractivity contribution in [2.24, 2.45) is 0 Å². The molecule has 1 aliphatic heterocycles. The molecule has 3 rings (SSSR count). The Kier molecular flexibility index (Phi) is 5.43. The van der Waals surface area contributed by atoms with Crippen molar-refractivity contribution in [3.8, 4) is 5.75 Å². The number of carbonyl (C=O) groups is 2. The summed E-state index contributed by atoms with van der Waals surface area (Å²) in [6.45, 7) is 1.22. The topological polar surface area (TPSA) is 71.8 Å². The van der Waals surface area contributed by atoms with Gasteiger partial charge < -0.3 is 19.4 Å². The molecule has 0 radical (unpaired) electrons. The molecule has 1 aromatic carbocycles. The molecule has 0 saturated carbocycles. The van der Waals surface area contributed by atoms with Crippen LogP contribution in [0.3, 0.4) is 0 Å². The Morgan fingerprint density at radius 1 is 1.16 bits per heavy atom. The lowest BCUT2D eigenvalue weighted by Gasteiger charge is -2.32. The first-order valence-corrected chi connectivity index (χ1v) is 8.85. The zero-order valence-electron chi connectivity index (χ0n) is 13.8. The summed E-state index contributed by atoms with van der Waals surface area (Å²) < 4.78 is 10.9. The van der Waals surface area contributed by atoms with Crippen molar-refractivity contribution >= 4 is 27.7 Å². The number of hydrogen-bond donors (Lipinski definition) is 1. The fourth-order valence-electron chi connectivity index (χ4n) is 2.84. The minimum Gasteiger partial charge on any atom is -0.497 e. The Hall–Kier alpha value is -2.28. The third-order valence-electron chi connectivity index (χ3n) is 4.25. The van der Waals surface area contributed by atoms with Crippen molar-refractivity contribution in [2.45, 2.75) is 18.9 Å². The fraction of sp³-hybridized carbons (Fsp3) is 0.333. The molecule has 7 heteroatoms. The van der Waals surface area contributed by atoms with Crippen LogP contribution in [0.5, 0.6) is 5.75 Å². The largest absolute Gasteiger partial charge is 0.497 e. The number of likely N-dealkylation sites (tertiary alicyclic amines) is 1. The molecule has 132 valence electrons. The SMILES string of the molecule is COc1ccc(C(=O)N2CCC(NC(=O)c3ccc(Br)o3)CC2)cc1. The maximum Gasteiger partial charge on any atom is 0.287 e. The van der Waals surface area contributed by atoms with Gasteiger partial charge in [0.05, 0.1) is 7.11 Å². The number of methoxy groups -OCH3 is 1. The number of piperidine rings is 1. The Labute approximate surface area is 154 Å². The lowest BCUT2D eigenvalue weighted by atomic mass is 10.0. The molecule has 1 aromatic heterocycles. The van der Waals surface area contributed by atoms with Crippen LogP contribution < -0.4 is 10.1 Å². The van der Waals surface area contributed by atoms with Gasteiger partial charge in [-0.3, -0.25) is 9.59 Å². The number of ether oxygens (including phenoxy) is 1. The van der Waals surface area contributed by atoms with Crippen molar-refractivity contribution in [1.29, 1.82) is 0 Å². The second kappa shape index (κ2) is 7.74. The van der Waals surface area contributed by atoms with Crippen molar-refractivity contribution in [3.63, 3.8) is 0 Å². The minimum absolute atomic E-state index is 0.00222. The summed E-state index contributed by atoms with van der Waals surface area (Å²) in [7, 11) is 1.59. The zero-order chi connectivity index (χ0) is 17.8. The first kappa shape index (κ1) is 17.5. The number of halogens is 1. The lowest BCUT2D eigenvalue weighted by Crippen LogP contribution is -2.46. The highest BCUT2D eigenvalue weighted by Crippen LogP contribution is 2.18. The van der Waals surface area contributed by atoms with E-state index in [1.807, 2.05) is 4.90 Å². The molecule has 6 nitrogen and oxygen atoms in total. The lowest BCUT2D eigenvalue weighted by molar-refractivity contribution is 0.0695. The number of amides is 2. The number of furan rings is 1. The summed E-state index contributed by atoms with van der Waals surface area (Å²) in [5.74, 6) is 0.777. The van der Waals surface area contributed by atoms with Gasteiger partial charge >= 0.3 is 0 Å². The van der Waals surface area contributed by atoms with Crippen LogP contribution in [0.4, 0.5) is 0 Å². The summed E-state index contributed by atoms with van der Waals surface area (Å²) in [5.41, 5.74) is 0.642. The molecule has 0 atom stereocenters. The second-order valence-electron chi connectivity index (χ2n) is 5.87. The minimum atomic E-state index is -0.231. The first-order valence-electron chi connectivity index (χ1n) is 8.06. The van der Waals surface area contributed by atoms with E-state index in [-0.39, 0.29) is 23.6 Å². The van der Waals surface area contributed by atoms with E-state index >= 15 is 0 Å². The quantitative estimate of drug-likeness (QED) is 0.846. The highest BCUT2D eigenvalue weighted by atomic mass is 79.9. The van der Waals surface area contributed by atoms with E-state index in [4.69, 9.17) is 9.15 Å². The Balaban J connectivity index is 1.52. The summed E-state index contributed by atoms with van der Waals surface area (Å²) in [6.07, 6.45) is 1.44. The van der Waals surface area contributed by atoms with Gasteiger partial charge in [0.25, 0.3) is 11.8 Å². The van der Waals surface area contributed by atoms with Crippen LogP contribution in [0.2, 0.25) is 0 Å². The van der Waals surface area contributed by atoms with Crippen molar-refractivity contribution in [2.75, 3.05) is 20.2 Å². The van der Waals surface area contributed by atoms with Crippen molar-refractivity contribution in [3.05, 3.63) is 52.4 Å². The summed E-state index contributed by atoms with van der Waals surface area (Å²) >= 11 is 3.18. The predicted octanol–water partition coefficient (Wildman–Crippen LogP) is 3.09. The molecule has 2 heterocycles. The van der Waals surface area contributed by atoms with Crippen molar-refractivity contribution in [1.82, 2.24) is 10.2 Å². The zero-order valence-corrected chi connectivity index (χ0v) is 15.4. The first-order chi connectivity index (χ1) is 12.1. The summed E-state index contributed by atoms with van der Waals surface area (Å²) in [6, 6.07) is 10.4. The van der Waals surface area contributed by atoms with Gasteiger partial charge in [0.15, 0.2) is 10.4 Å². The predicted molar refractivity (Wildman–Crippen MR) is 95.8 cm³/mol. The molecule has 0 spiro atoms. The van der Waals surface area contributed by atoms with Gasteiger partial charge in [-0.2, -0.15) is 0 Å². The molecule has 1 saturated heterocycles. The summed E-state index contributed by atoms with van der Waals surface area (Å²) in [5, 5.41) is 2.95. The van der Waals surface area contributed by atoms with Gasteiger partial charge in [-0.1, -0.05) is 0 Å². The van der Waals surface area contributed by atoms with Crippen LogP contribution in [0.15, 0.2) is 45.5 Å². The third kappa shape index (κ3) is 4.22. The number of hydrogen-bond acceptors (Lipinski definition) is 4. The van der Waals surface area contributed by atoms with E-state index in [0.717, 1.165) is 18.6 Å². The molecule has 1 fully saturated rings. The van der Waals surface area contributed by atoms with E-state index in [9.17, 15) is 9.59 Å². The molecule has 25 heavy (non-hydrogen) atoms. The normalized spacial score (nSPS) is 15.0. The smallest absolute Gasteiger partial charge is 0.287 e. The standard InChI is InChI=1S/C18H19BrN2O4/c1-24-14-4-2-12(3-5-14)18(23)21-10-8-13(9-11-21)20-17(22)15-6-7-16(19)25-15/h2-7,13H,8-11H2,1H3,(H,20,22). The molecule has 0 aliphatic carbocycles. The fourth-order valence-corrected chi connectivity index (χ4v) is 3.14. The van der Waals surface area contributed by atoms with Gasteiger partial charge in [0.1, 0.15) is 5.75 Å². The monoisotopic (exact) mass is 406 g/mol. The van der Waals surface area contributed by atoms with Gasteiger partial charge in [0, 0.05) is 24.7 Å². The Bertz CT molecular complexity index is 749. The van der Waals surface area contributed by atoms with Crippen LogP contribution >= 0.6 is 15.9 Å². The van der Waals surface area contributed by atoms with Gasteiger partial charge in [-0.05, 0) is 65.2 Å². The Morgan fingerprint density at radius 3 is 2.40 bits per heavy atom. The number of nitrogens with one attached hydrogen (secondary N) is 1. The third-order valence-corrected chi connectivity index (χ3v) is 4.68. The second-order valence-corrected chi connectivity index (χ2v) is 6.65. The highest BCUT2D eigenvalue weighted by molar-refractivity contribution is 9.10. The molecule has 0 bridgehead atoms. The number of benzene rings is 1. The van der Waals surface area contributed by atoms with E-state index in [0.29, 0.717) is 23.3 Å². The maximum atomic E-state index is 12.5.